The molecule has 1 fully saturated rings. The van der Waals surface area contributed by atoms with Gasteiger partial charge in [0, 0.05) is 44.8 Å². The van der Waals surface area contributed by atoms with Crippen molar-refractivity contribution in [2.24, 2.45) is 7.05 Å². The molecule has 4 rings (SSSR count). The first-order valence-electron chi connectivity index (χ1n) is 9.67. The van der Waals surface area contributed by atoms with Crippen LogP contribution in [0, 0.1) is 6.92 Å². The van der Waals surface area contributed by atoms with Crippen molar-refractivity contribution >= 4 is 26.9 Å². The third-order valence-electron chi connectivity index (χ3n) is 5.37. The van der Waals surface area contributed by atoms with E-state index < -0.39 is 10.0 Å². The molecule has 2 aromatic heterocycles. The Bertz CT molecular complexity index is 1180. The number of amides is 1. The SMILES string of the molecule is COc1cccc2cc(C(=O)N3CCCN(S(=O)(=O)c4cn(C)c(C)n4)CC3)oc12. The molecule has 0 unspecified atom stereocenters. The van der Waals surface area contributed by atoms with Gasteiger partial charge in [-0.25, -0.2) is 13.4 Å². The van der Waals surface area contributed by atoms with Gasteiger partial charge in [0.1, 0.15) is 5.82 Å². The van der Waals surface area contributed by atoms with E-state index in [1.54, 1.807) is 42.7 Å². The van der Waals surface area contributed by atoms with Gasteiger partial charge in [-0.15, -0.1) is 0 Å². The monoisotopic (exact) mass is 432 g/mol. The lowest BCUT2D eigenvalue weighted by Crippen LogP contribution is -2.37. The van der Waals surface area contributed by atoms with E-state index in [-0.39, 0.29) is 29.8 Å². The summed E-state index contributed by atoms with van der Waals surface area (Å²) in [5.74, 6) is 1.14. The predicted octanol–water partition coefficient (Wildman–Crippen LogP) is 2.02. The smallest absolute Gasteiger partial charge is 0.289 e. The van der Waals surface area contributed by atoms with E-state index in [1.807, 2.05) is 12.1 Å². The second kappa shape index (κ2) is 7.77. The summed E-state index contributed by atoms with van der Waals surface area (Å²) in [5.41, 5.74) is 0.521. The number of aryl methyl sites for hydroxylation is 2. The number of imidazole rings is 1. The first-order chi connectivity index (χ1) is 14.3. The van der Waals surface area contributed by atoms with Crippen molar-refractivity contribution in [1.82, 2.24) is 18.8 Å². The molecule has 0 N–H and O–H groups in total. The van der Waals surface area contributed by atoms with Gasteiger partial charge in [0.05, 0.1) is 7.11 Å². The minimum Gasteiger partial charge on any atom is -0.493 e. The number of sulfonamides is 1. The Labute approximate surface area is 174 Å². The first-order valence-corrected chi connectivity index (χ1v) is 11.1. The highest BCUT2D eigenvalue weighted by atomic mass is 32.2. The Morgan fingerprint density at radius 1 is 1.20 bits per heavy atom. The lowest BCUT2D eigenvalue weighted by molar-refractivity contribution is 0.0734. The minimum absolute atomic E-state index is 0.0339. The number of aromatic nitrogens is 2. The molecule has 1 amide bonds. The van der Waals surface area contributed by atoms with Gasteiger partial charge < -0.3 is 18.6 Å². The fraction of sp³-hybridized carbons (Fsp3) is 0.400. The standard InChI is InChI=1S/C20H24N4O5S/c1-14-21-18(13-22(14)2)30(26,27)24-9-5-8-23(10-11-24)20(25)17-12-15-6-4-7-16(28-3)19(15)29-17/h4,6-7,12-13H,5,8-11H2,1-3H3. The molecule has 0 spiro atoms. The summed E-state index contributed by atoms with van der Waals surface area (Å²) in [4.78, 5) is 18.8. The number of hydrogen-bond acceptors (Lipinski definition) is 6. The molecule has 10 heteroatoms. The topological polar surface area (TPSA) is 97.9 Å². The molecule has 1 aromatic carbocycles. The van der Waals surface area contributed by atoms with Crippen LogP contribution < -0.4 is 4.74 Å². The number of benzene rings is 1. The summed E-state index contributed by atoms with van der Waals surface area (Å²) in [5, 5.41) is 0.814. The molecule has 1 aliphatic heterocycles. The highest BCUT2D eigenvalue weighted by molar-refractivity contribution is 7.89. The molecule has 0 aliphatic carbocycles. The molecule has 3 aromatic rings. The largest absolute Gasteiger partial charge is 0.493 e. The van der Waals surface area contributed by atoms with Gasteiger partial charge in [-0.2, -0.15) is 4.31 Å². The predicted molar refractivity (Wildman–Crippen MR) is 110 cm³/mol. The third kappa shape index (κ3) is 3.56. The molecule has 3 heterocycles. The lowest BCUT2D eigenvalue weighted by Gasteiger charge is -2.20. The van der Waals surface area contributed by atoms with Gasteiger partial charge in [-0.3, -0.25) is 4.79 Å². The number of fused-ring (bicyclic) bond motifs is 1. The van der Waals surface area contributed by atoms with Gasteiger partial charge in [0.15, 0.2) is 22.1 Å². The van der Waals surface area contributed by atoms with Crippen LogP contribution in [-0.4, -0.2) is 66.4 Å². The maximum atomic E-state index is 13.0. The number of carbonyl (C=O) groups is 1. The van der Waals surface area contributed by atoms with Gasteiger partial charge in [-0.05, 0) is 25.5 Å². The average Bonchev–Trinajstić information content (AvgIpc) is 3.21. The van der Waals surface area contributed by atoms with Crippen molar-refractivity contribution in [3.63, 3.8) is 0 Å². The molecular formula is C20H24N4O5S. The Hall–Kier alpha value is -2.85. The Balaban J connectivity index is 1.52. The first kappa shape index (κ1) is 20.4. The van der Waals surface area contributed by atoms with Crippen LogP contribution in [0.2, 0.25) is 0 Å². The van der Waals surface area contributed by atoms with E-state index >= 15 is 0 Å². The third-order valence-corrected chi connectivity index (χ3v) is 7.14. The van der Waals surface area contributed by atoms with Crippen molar-refractivity contribution in [3.05, 3.63) is 42.0 Å². The zero-order chi connectivity index (χ0) is 21.5. The molecule has 0 bridgehead atoms. The summed E-state index contributed by atoms with van der Waals surface area (Å²) in [6.07, 6.45) is 2.04. The molecule has 1 aliphatic rings. The zero-order valence-corrected chi connectivity index (χ0v) is 18.0. The van der Waals surface area contributed by atoms with Gasteiger partial charge in [0.2, 0.25) is 0 Å². The van der Waals surface area contributed by atoms with Crippen LogP contribution in [0.15, 0.2) is 39.9 Å². The molecule has 0 atom stereocenters. The zero-order valence-electron chi connectivity index (χ0n) is 17.2. The van der Waals surface area contributed by atoms with Crippen molar-refractivity contribution in [3.8, 4) is 5.75 Å². The van der Waals surface area contributed by atoms with E-state index in [9.17, 15) is 13.2 Å². The Morgan fingerprint density at radius 2 is 2.00 bits per heavy atom. The van der Waals surface area contributed by atoms with Crippen LogP contribution in [-0.2, 0) is 17.1 Å². The molecule has 9 nitrogen and oxygen atoms in total. The summed E-state index contributed by atoms with van der Waals surface area (Å²) in [6, 6.07) is 7.15. The number of furan rings is 1. The van der Waals surface area contributed by atoms with Gasteiger partial charge in [0.25, 0.3) is 15.9 Å². The lowest BCUT2D eigenvalue weighted by atomic mass is 10.2. The van der Waals surface area contributed by atoms with Crippen LogP contribution >= 0.6 is 0 Å². The highest BCUT2D eigenvalue weighted by Crippen LogP contribution is 2.29. The van der Waals surface area contributed by atoms with Crippen LogP contribution in [0.5, 0.6) is 5.75 Å². The molecule has 1 saturated heterocycles. The number of carbonyl (C=O) groups excluding carboxylic acids is 1. The minimum atomic E-state index is -3.71. The summed E-state index contributed by atoms with van der Waals surface area (Å²) in [7, 11) is -0.403. The highest BCUT2D eigenvalue weighted by Gasteiger charge is 2.31. The molecule has 160 valence electrons. The number of methoxy groups -OCH3 is 1. The summed E-state index contributed by atoms with van der Waals surface area (Å²) < 4.78 is 40.0. The Morgan fingerprint density at radius 3 is 2.70 bits per heavy atom. The van der Waals surface area contributed by atoms with E-state index in [4.69, 9.17) is 9.15 Å². The van der Waals surface area contributed by atoms with Gasteiger partial charge >= 0.3 is 0 Å². The van der Waals surface area contributed by atoms with Crippen molar-refractivity contribution < 1.29 is 22.4 Å². The van der Waals surface area contributed by atoms with E-state index in [2.05, 4.69) is 4.98 Å². The number of hydrogen-bond donors (Lipinski definition) is 0. The number of nitrogens with zero attached hydrogens (tertiary/aromatic N) is 4. The average molecular weight is 433 g/mol. The van der Waals surface area contributed by atoms with Crippen molar-refractivity contribution in [2.45, 2.75) is 18.4 Å². The number of ether oxygens (including phenoxy) is 1. The molecule has 30 heavy (non-hydrogen) atoms. The maximum absolute atomic E-state index is 13.0. The van der Waals surface area contributed by atoms with E-state index in [1.165, 1.54) is 10.5 Å². The van der Waals surface area contributed by atoms with Crippen LogP contribution in [0.3, 0.4) is 0 Å². The normalized spacial score (nSPS) is 16.0. The maximum Gasteiger partial charge on any atom is 0.289 e. The molecule has 0 radical (unpaired) electrons. The summed E-state index contributed by atoms with van der Waals surface area (Å²) in [6.45, 7) is 3.01. The van der Waals surface area contributed by atoms with Crippen LogP contribution in [0.1, 0.15) is 22.8 Å². The van der Waals surface area contributed by atoms with Crippen LogP contribution in [0.4, 0.5) is 0 Å². The fourth-order valence-electron chi connectivity index (χ4n) is 3.58. The second-order valence-corrected chi connectivity index (χ2v) is 9.16. The summed E-state index contributed by atoms with van der Waals surface area (Å²) >= 11 is 0. The van der Waals surface area contributed by atoms with Crippen molar-refractivity contribution in [2.75, 3.05) is 33.3 Å². The molecule has 0 saturated carbocycles. The van der Waals surface area contributed by atoms with Gasteiger partial charge in [-0.1, -0.05) is 12.1 Å². The molecular weight excluding hydrogens is 408 g/mol. The second-order valence-electron chi connectivity index (χ2n) is 7.28. The number of para-hydroxylation sites is 1. The fourth-order valence-corrected chi connectivity index (χ4v) is 5.07. The van der Waals surface area contributed by atoms with E-state index in [0.29, 0.717) is 36.7 Å². The van der Waals surface area contributed by atoms with Crippen LogP contribution in [0.25, 0.3) is 11.0 Å². The van der Waals surface area contributed by atoms with Crippen molar-refractivity contribution in [1.29, 1.82) is 0 Å². The Kier molecular flexibility index (Phi) is 5.29. The number of rotatable bonds is 4. The quantitative estimate of drug-likeness (QED) is 0.626. The van der Waals surface area contributed by atoms with E-state index in [0.717, 1.165) is 5.39 Å².